The van der Waals surface area contributed by atoms with Gasteiger partial charge in [0.2, 0.25) is 6.17 Å². The Morgan fingerprint density at radius 1 is 0.476 bits per heavy atom. The van der Waals surface area contributed by atoms with Crippen LogP contribution in [0.4, 0.5) is 0 Å². The van der Waals surface area contributed by atoms with Crippen molar-refractivity contribution >= 4 is 12.4 Å². The smallest absolute Gasteiger partial charge is 0.0965 e. The molecule has 0 amide bonds. The van der Waals surface area contributed by atoms with Crippen molar-refractivity contribution in [3.8, 4) is 0 Å². The second-order valence-electron chi connectivity index (χ2n) is 13.3. The predicted molar refractivity (Wildman–Crippen MR) is 189 cm³/mol. The molecule has 2 heteroatoms. The van der Waals surface area contributed by atoms with Crippen molar-refractivity contribution in [1.82, 2.24) is 0 Å². The minimum Gasteiger partial charge on any atom is -0.0965 e. The van der Waals surface area contributed by atoms with Crippen LogP contribution in [-0.2, 0) is 6.42 Å². The van der Waals surface area contributed by atoms with E-state index in [9.17, 15) is 0 Å². The number of benzene rings is 1. The zero-order valence-electron chi connectivity index (χ0n) is 28.2. The highest BCUT2D eigenvalue weighted by molar-refractivity contribution is 6.18. The first kappa shape index (κ1) is 36.6. The molecule has 2 atom stereocenters. The van der Waals surface area contributed by atoms with E-state index < -0.39 is 0 Å². The molecule has 0 aromatic heterocycles. The molecular weight excluding hydrogens is 508 g/mol. The van der Waals surface area contributed by atoms with Crippen molar-refractivity contribution in [2.45, 2.75) is 187 Å². The van der Waals surface area contributed by atoms with Crippen LogP contribution in [0.1, 0.15) is 186 Å². The zero-order chi connectivity index (χ0) is 29.8. The summed E-state index contributed by atoms with van der Waals surface area (Å²) in [7, 11) is 0. The second kappa shape index (κ2) is 27.0. The quantitative estimate of drug-likeness (QED) is 0.0641. The highest BCUT2D eigenvalue weighted by atomic mass is 15.0. The maximum atomic E-state index is 4.75. The van der Waals surface area contributed by atoms with E-state index in [0.717, 1.165) is 12.6 Å². The lowest BCUT2D eigenvalue weighted by atomic mass is 9.78. The highest BCUT2D eigenvalue weighted by Gasteiger charge is 2.35. The van der Waals surface area contributed by atoms with Gasteiger partial charge in [-0.1, -0.05) is 208 Å². The molecule has 0 bridgehead atoms. The van der Waals surface area contributed by atoms with Crippen molar-refractivity contribution in [2.75, 3.05) is 0 Å². The third-order valence-corrected chi connectivity index (χ3v) is 9.52. The van der Waals surface area contributed by atoms with E-state index in [4.69, 9.17) is 9.98 Å². The molecule has 42 heavy (non-hydrogen) atoms. The topological polar surface area (TPSA) is 24.7 Å². The Hall–Kier alpha value is -1.57. The maximum absolute atomic E-state index is 4.75. The summed E-state index contributed by atoms with van der Waals surface area (Å²) in [4.78, 5) is 9.51. The van der Waals surface area contributed by atoms with Gasteiger partial charge in [-0.05, 0) is 30.7 Å². The molecule has 1 aliphatic rings. The summed E-state index contributed by atoms with van der Waals surface area (Å²) < 4.78 is 0. The first-order valence-electron chi connectivity index (χ1n) is 18.8. The molecule has 0 radical (unpaired) electrons. The summed E-state index contributed by atoms with van der Waals surface area (Å²) >= 11 is 0. The molecule has 1 aromatic carbocycles. The fourth-order valence-corrected chi connectivity index (χ4v) is 6.83. The fourth-order valence-electron chi connectivity index (χ4n) is 6.83. The number of aliphatic imine (C=N–C) groups is 2. The lowest BCUT2D eigenvalue weighted by molar-refractivity contribution is 0.284. The van der Waals surface area contributed by atoms with E-state index in [1.807, 2.05) is 12.4 Å². The summed E-state index contributed by atoms with van der Waals surface area (Å²) in [6.07, 6.45) is 42.6. The minimum atomic E-state index is 0.496. The second-order valence-corrected chi connectivity index (χ2v) is 13.3. The summed E-state index contributed by atoms with van der Waals surface area (Å²) in [6, 6.07) is 11.2. The molecule has 2 nitrogen and oxygen atoms in total. The Bertz CT molecular complexity index is 742. The largest absolute Gasteiger partial charge is 0.244 e. The molecule has 1 heterocycles. The van der Waals surface area contributed by atoms with Crippen molar-refractivity contribution in [1.29, 1.82) is 0 Å². The lowest BCUT2D eigenvalue weighted by Crippen LogP contribution is -2.22. The van der Waals surface area contributed by atoms with Gasteiger partial charge in [-0.2, -0.15) is 0 Å². The van der Waals surface area contributed by atoms with Gasteiger partial charge in [0.15, 0.2) is 12.4 Å². The van der Waals surface area contributed by atoms with Crippen LogP contribution in [0.3, 0.4) is 0 Å². The Labute approximate surface area is 263 Å². The van der Waals surface area contributed by atoms with Crippen LogP contribution in [0.25, 0.3) is 0 Å². The molecule has 2 unspecified atom stereocenters. The number of rotatable bonds is 30. The molecule has 0 saturated carbocycles. The van der Waals surface area contributed by atoms with Gasteiger partial charge in [-0.3, -0.25) is 0 Å². The van der Waals surface area contributed by atoms with Crippen LogP contribution in [0, 0.1) is 18.0 Å². The normalized spacial score (nSPS) is 14.2. The maximum Gasteiger partial charge on any atom is 0.244 e. The van der Waals surface area contributed by atoms with E-state index in [2.05, 4.69) is 44.2 Å². The Morgan fingerprint density at radius 3 is 1.29 bits per heavy atom. The molecule has 0 fully saturated rings. The molecule has 1 aromatic rings. The van der Waals surface area contributed by atoms with Crippen LogP contribution in [0.15, 0.2) is 40.3 Å². The standard InChI is InChI=1S/C40H69N2/c1-3-5-7-9-11-13-15-16-18-20-22-24-29-33-39(40-41-34-35-42-40)38(36-37-30-26-25-27-31-37)32-28-23-21-19-17-14-12-10-8-6-4-2/h25-27,30-31,34-35,38-39H,3-24,28-29,32-33,36H2,1-2H3/q+1. The van der Waals surface area contributed by atoms with Crippen LogP contribution in [0.2, 0.25) is 0 Å². The molecule has 1 aliphatic heterocycles. The van der Waals surface area contributed by atoms with Gasteiger partial charge in [-0.25, -0.2) is 0 Å². The number of hydrogen-bond acceptors (Lipinski definition) is 2. The molecule has 0 aliphatic carbocycles. The average molecular weight is 578 g/mol. The van der Waals surface area contributed by atoms with Gasteiger partial charge in [0.05, 0.1) is 5.92 Å². The fraction of sp³-hybridized carbons (Fsp3) is 0.775. The number of unbranched alkanes of at least 4 members (excludes halogenated alkanes) is 22. The van der Waals surface area contributed by atoms with E-state index >= 15 is 0 Å². The minimum absolute atomic E-state index is 0.496. The van der Waals surface area contributed by atoms with E-state index in [1.165, 1.54) is 173 Å². The summed E-state index contributed by atoms with van der Waals surface area (Å²) in [5.74, 6) is 1.14. The van der Waals surface area contributed by atoms with Crippen molar-refractivity contribution in [3.05, 3.63) is 42.1 Å². The third kappa shape index (κ3) is 18.9. The summed E-state index contributed by atoms with van der Waals surface area (Å²) in [5, 5.41) is 0. The molecular formula is C40H69N2+. The summed E-state index contributed by atoms with van der Waals surface area (Å²) in [6.45, 7) is 4.61. The van der Waals surface area contributed by atoms with E-state index in [-0.39, 0.29) is 0 Å². The Kier molecular flexibility index (Phi) is 23.6. The Balaban J connectivity index is 1.70. The van der Waals surface area contributed by atoms with Crippen LogP contribution in [-0.4, -0.2) is 12.4 Å². The van der Waals surface area contributed by atoms with E-state index in [1.54, 1.807) is 0 Å². The first-order chi connectivity index (χ1) is 20.8. The van der Waals surface area contributed by atoms with Crippen LogP contribution in [0.5, 0.6) is 0 Å². The predicted octanol–water partition coefficient (Wildman–Crippen LogP) is 13.3. The first-order valence-corrected chi connectivity index (χ1v) is 18.8. The van der Waals surface area contributed by atoms with Crippen LogP contribution >= 0.6 is 0 Å². The van der Waals surface area contributed by atoms with Gasteiger partial charge < -0.3 is 0 Å². The third-order valence-electron chi connectivity index (χ3n) is 9.52. The van der Waals surface area contributed by atoms with Gasteiger partial charge in [0.1, 0.15) is 0 Å². The highest BCUT2D eigenvalue weighted by Crippen LogP contribution is 2.37. The molecule has 0 spiro atoms. The van der Waals surface area contributed by atoms with Crippen molar-refractivity contribution in [2.24, 2.45) is 21.8 Å². The van der Waals surface area contributed by atoms with Gasteiger partial charge in [-0.15, -0.1) is 0 Å². The van der Waals surface area contributed by atoms with Crippen molar-refractivity contribution < 1.29 is 0 Å². The molecule has 238 valence electrons. The Morgan fingerprint density at radius 2 is 0.857 bits per heavy atom. The molecule has 0 saturated heterocycles. The monoisotopic (exact) mass is 578 g/mol. The van der Waals surface area contributed by atoms with Gasteiger partial charge in [0, 0.05) is 0 Å². The summed E-state index contributed by atoms with van der Waals surface area (Å²) in [5.41, 5.74) is 1.48. The van der Waals surface area contributed by atoms with Gasteiger partial charge in [0.25, 0.3) is 0 Å². The molecule has 2 rings (SSSR count). The van der Waals surface area contributed by atoms with Crippen molar-refractivity contribution in [3.63, 3.8) is 0 Å². The van der Waals surface area contributed by atoms with Crippen LogP contribution < -0.4 is 0 Å². The lowest BCUT2D eigenvalue weighted by Gasteiger charge is -2.26. The average Bonchev–Trinajstić information content (AvgIpc) is 3.55. The zero-order valence-corrected chi connectivity index (χ0v) is 28.2. The number of nitrogens with zero attached hydrogens (tertiary/aromatic N) is 2. The SMILES string of the molecule is CCCCCCCCCCCCCCCC([C+]1N=CC=N1)C(CCCCCCCCCCCCC)Cc1ccccc1. The van der Waals surface area contributed by atoms with Gasteiger partial charge >= 0.3 is 0 Å². The van der Waals surface area contributed by atoms with E-state index in [0.29, 0.717) is 11.8 Å². The number of hydrogen-bond donors (Lipinski definition) is 0. The molecule has 0 N–H and O–H groups in total.